The lowest BCUT2D eigenvalue weighted by molar-refractivity contribution is 0.0989. The van der Waals surface area contributed by atoms with Crippen LogP contribution in [-0.2, 0) is 0 Å². The Morgan fingerprint density at radius 1 is 1.21 bits per heavy atom. The summed E-state index contributed by atoms with van der Waals surface area (Å²) in [6, 6.07) is 13.1. The van der Waals surface area contributed by atoms with Crippen LogP contribution < -0.4 is 10.6 Å². The van der Waals surface area contributed by atoms with E-state index in [9.17, 15) is 9.18 Å². The van der Waals surface area contributed by atoms with Crippen LogP contribution in [0.2, 0.25) is 0 Å². The molecule has 19 heavy (non-hydrogen) atoms. The third kappa shape index (κ3) is 2.73. The Hall–Kier alpha value is -2.36. The van der Waals surface area contributed by atoms with Gasteiger partial charge in [-0.25, -0.2) is 4.39 Å². The number of para-hydroxylation sites is 1. The molecule has 0 saturated heterocycles. The van der Waals surface area contributed by atoms with E-state index < -0.39 is 5.82 Å². The third-order valence-electron chi connectivity index (χ3n) is 2.87. The minimum atomic E-state index is -0.447. The first kappa shape index (κ1) is 13.1. The summed E-state index contributed by atoms with van der Waals surface area (Å²) in [6.07, 6.45) is 0. The van der Waals surface area contributed by atoms with E-state index >= 15 is 0 Å². The lowest BCUT2D eigenvalue weighted by Gasteiger charge is -2.21. The van der Waals surface area contributed by atoms with E-state index in [0.29, 0.717) is 12.1 Å². The molecular weight excluding hydrogens is 243 g/mol. The largest absolute Gasteiger partial charge is 0.398 e. The molecular formula is C15H15FN2O. The predicted octanol–water partition coefficient (Wildman–Crippen LogP) is 3.07. The highest BCUT2D eigenvalue weighted by Gasteiger charge is 2.18. The number of carbonyl (C=O) groups excluding carboxylic acids is 1. The second-order valence-electron chi connectivity index (χ2n) is 4.12. The molecule has 0 unspecified atom stereocenters. The van der Waals surface area contributed by atoms with E-state index in [1.807, 2.05) is 37.3 Å². The summed E-state index contributed by atoms with van der Waals surface area (Å²) in [5.74, 6) is -0.678. The number of hydrogen-bond acceptors (Lipinski definition) is 2. The molecule has 0 spiro atoms. The molecule has 0 atom stereocenters. The Morgan fingerprint density at radius 2 is 1.89 bits per heavy atom. The van der Waals surface area contributed by atoms with Crippen molar-refractivity contribution >= 4 is 17.3 Å². The second-order valence-corrected chi connectivity index (χ2v) is 4.12. The fraction of sp³-hybridized carbons (Fsp3) is 0.133. The van der Waals surface area contributed by atoms with Gasteiger partial charge < -0.3 is 10.6 Å². The minimum Gasteiger partial charge on any atom is -0.398 e. The molecule has 0 heterocycles. The second kappa shape index (κ2) is 5.52. The van der Waals surface area contributed by atoms with Crippen molar-refractivity contribution in [2.75, 3.05) is 17.2 Å². The molecule has 4 heteroatoms. The van der Waals surface area contributed by atoms with Crippen LogP contribution in [0.3, 0.4) is 0 Å². The molecule has 0 radical (unpaired) electrons. The summed E-state index contributed by atoms with van der Waals surface area (Å²) in [5.41, 5.74) is 6.96. The summed E-state index contributed by atoms with van der Waals surface area (Å²) < 4.78 is 13.0. The van der Waals surface area contributed by atoms with Crippen molar-refractivity contribution < 1.29 is 9.18 Å². The molecule has 2 N–H and O–H groups in total. The number of nitrogens with two attached hydrogens (primary N) is 1. The highest BCUT2D eigenvalue weighted by atomic mass is 19.1. The quantitative estimate of drug-likeness (QED) is 0.860. The average Bonchev–Trinajstić information content (AvgIpc) is 2.40. The van der Waals surface area contributed by atoms with Gasteiger partial charge in [-0.3, -0.25) is 4.79 Å². The lowest BCUT2D eigenvalue weighted by atomic mass is 10.1. The average molecular weight is 258 g/mol. The van der Waals surface area contributed by atoms with E-state index in [1.165, 1.54) is 12.1 Å². The molecule has 0 aliphatic heterocycles. The van der Waals surface area contributed by atoms with Crippen molar-refractivity contribution in [2.24, 2.45) is 0 Å². The number of carbonyl (C=O) groups is 1. The summed E-state index contributed by atoms with van der Waals surface area (Å²) in [5, 5.41) is 0. The standard InChI is InChI=1S/C15H15FN2O/c1-2-18(12-6-4-3-5-7-12)15(19)13-9-8-11(16)10-14(13)17/h3-10H,2,17H2,1H3. The first-order valence-corrected chi connectivity index (χ1v) is 6.05. The van der Waals surface area contributed by atoms with Crippen LogP contribution in [0.5, 0.6) is 0 Å². The molecule has 0 aromatic heterocycles. The van der Waals surface area contributed by atoms with Gasteiger partial charge in [-0.05, 0) is 37.3 Å². The number of hydrogen-bond donors (Lipinski definition) is 1. The van der Waals surface area contributed by atoms with Gasteiger partial charge in [0.25, 0.3) is 5.91 Å². The first-order chi connectivity index (χ1) is 9.13. The number of rotatable bonds is 3. The van der Waals surface area contributed by atoms with Crippen molar-refractivity contribution in [3.05, 3.63) is 59.9 Å². The Bertz CT molecular complexity index is 584. The SMILES string of the molecule is CCN(C(=O)c1ccc(F)cc1N)c1ccccc1. The summed E-state index contributed by atoms with van der Waals surface area (Å²) in [4.78, 5) is 14.0. The molecule has 2 aromatic carbocycles. The maximum absolute atomic E-state index is 13.0. The number of anilines is 2. The molecule has 2 rings (SSSR count). The van der Waals surface area contributed by atoms with Crippen molar-refractivity contribution in [2.45, 2.75) is 6.92 Å². The highest BCUT2D eigenvalue weighted by Crippen LogP contribution is 2.20. The van der Waals surface area contributed by atoms with Crippen molar-refractivity contribution in [3.8, 4) is 0 Å². The molecule has 98 valence electrons. The Morgan fingerprint density at radius 3 is 2.47 bits per heavy atom. The van der Waals surface area contributed by atoms with Gasteiger partial charge in [-0.15, -0.1) is 0 Å². The smallest absolute Gasteiger partial charge is 0.260 e. The molecule has 3 nitrogen and oxygen atoms in total. The Kier molecular flexibility index (Phi) is 3.80. The monoisotopic (exact) mass is 258 g/mol. The molecule has 0 aliphatic carbocycles. The maximum atomic E-state index is 13.0. The predicted molar refractivity (Wildman–Crippen MR) is 74.6 cm³/mol. The van der Waals surface area contributed by atoms with Gasteiger partial charge in [-0.2, -0.15) is 0 Å². The van der Waals surface area contributed by atoms with Crippen LogP contribution in [0.25, 0.3) is 0 Å². The maximum Gasteiger partial charge on any atom is 0.260 e. The molecule has 1 amide bonds. The number of benzene rings is 2. The number of nitrogens with zero attached hydrogens (tertiary/aromatic N) is 1. The van der Waals surface area contributed by atoms with Crippen LogP contribution >= 0.6 is 0 Å². The molecule has 0 fully saturated rings. The zero-order valence-electron chi connectivity index (χ0n) is 10.6. The van der Waals surface area contributed by atoms with Crippen LogP contribution in [-0.4, -0.2) is 12.5 Å². The van der Waals surface area contributed by atoms with Crippen LogP contribution in [0.15, 0.2) is 48.5 Å². The van der Waals surface area contributed by atoms with Crippen LogP contribution in [0.1, 0.15) is 17.3 Å². The summed E-state index contributed by atoms with van der Waals surface area (Å²) in [7, 11) is 0. The van der Waals surface area contributed by atoms with Gasteiger partial charge in [-0.1, -0.05) is 18.2 Å². The Labute approximate surface area is 111 Å². The number of amides is 1. The summed E-state index contributed by atoms with van der Waals surface area (Å²) >= 11 is 0. The Balaban J connectivity index is 2.36. The van der Waals surface area contributed by atoms with E-state index in [4.69, 9.17) is 5.73 Å². The minimum absolute atomic E-state index is 0.152. The van der Waals surface area contributed by atoms with E-state index in [0.717, 1.165) is 11.8 Å². The number of halogens is 1. The summed E-state index contributed by atoms with van der Waals surface area (Å²) in [6.45, 7) is 2.39. The highest BCUT2D eigenvalue weighted by molar-refractivity contribution is 6.09. The molecule has 0 aliphatic rings. The van der Waals surface area contributed by atoms with Gasteiger partial charge >= 0.3 is 0 Å². The molecule has 0 bridgehead atoms. The fourth-order valence-corrected chi connectivity index (χ4v) is 1.93. The lowest BCUT2D eigenvalue weighted by Crippen LogP contribution is -2.31. The normalized spacial score (nSPS) is 10.2. The van der Waals surface area contributed by atoms with Gasteiger partial charge in [0.1, 0.15) is 5.82 Å². The molecule has 0 saturated carbocycles. The van der Waals surface area contributed by atoms with Gasteiger partial charge in [0.15, 0.2) is 0 Å². The first-order valence-electron chi connectivity index (χ1n) is 6.05. The topological polar surface area (TPSA) is 46.3 Å². The van der Waals surface area contributed by atoms with Gasteiger partial charge in [0.2, 0.25) is 0 Å². The fourth-order valence-electron chi connectivity index (χ4n) is 1.93. The van der Waals surface area contributed by atoms with Crippen LogP contribution in [0.4, 0.5) is 15.8 Å². The van der Waals surface area contributed by atoms with E-state index in [2.05, 4.69) is 0 Å². The van der Waals surface area contributed by atoms with E-state index in [1.54, 1.807) is 4.90 Å². The van der Waals surface area contributed by atoms with Crippen molar-refractivity contribution in [1.29, 1.82) is 0 Å². The van der Waals surface area contributed by atoms with Gasteiger partial charge in [0, 0.05) is 17.9 Å². The van der Waals surface area contributed by atoms with Crippen molar-refractivity contribution in [3.63, 3.8) is 0 Å². The zero-order chi connectivity index (χ0) is 13.8. The van der Waals surface area contributed by atoms with Crippen molar-refractivity contribution in [1.82, 2.24) is 0 Å². The van der Waals surface area contributed by atoms with Crippen LogP contribution in [0, 0.1) is 5.82 Å². The number of nitrogen functional groups attached to an aromatic ring is 1. The zero-order valence-corrected chi connectivity index (χ0v) is 10.6. The van der Waals surface area contributed by atoms with Gasteiger partial charge in [0.05, 0.1) is 5.56 Å². The molecule has 2 aromatic rings. The third-order valence-corrected chi connectivity index (χ3v) is 2.87. The van der Waals surface area contributed by atoms with E-state index in [-0.39, 0.29) is 11.6 Å².